The van der Waals surface area contributed by atoms with Crippen LogP contribution in [-0.4, -0.2) is 0 Å². The van der Waals surface area contributed by atoms with Gasteiger partial charge in [0.05, 0.1) is 0 Å². The summed E-state index contributed by atoms with van der Waals surface area (Å²) in [5.74, 6) is 0.185. The third kappa shape index (κ3) is 2.55. The van der Waals surface area contributed by atoms with Crippen molar-refractivity contribution < 1.29 is 4.39 Å². The molecule has 0 aromatic heterocycles. The lowest BCUT2D eigenvalue weighted by Gasteiger charge is -2.18. The third-order valence-corrected chi connectivity index (χ3v) is 3.24. The van der Waals surface area contributed by atoms with E-state index in [-0.39, 0.29) is 5.82 Å². The van der Waals surface area contributed by atoms with E-state index in [1.54, 1.807) is 0 Å². The van der Waals surface area contributed by atoms with Crippen molar-refractivity contribution in [1.82, 2.24) is 0 Å². The summed E-state index contributed by atoms with van der Waals surface area (Å²) in [6.45, 7) is 4.29. The molecule has 0 aliphatic carbocycles. The Kier molecular flexibility index (Phi) is 3.58. The van der Waals surface area contributed by atoms with Crippen LogP contribution in [0.15, 0.2) is 48.5 Å². The summed E-state index contributed by atoms with van der Waals surface area (Å²) >= 11 is 0. The third-order valence-electron chi connectivity index (χ3n) is 3.24. The Hall–Kier alpha value is -1.63. The highest BCUT2D eigenvalue weighted by molar-refractivity contribution is 5.37. The topological polar surface area (TPSA) is 0 Å². The number of halogens is 1. The molecule has 0 saturated carbocycles. The largest absolute Gasteiger partial charge is 0.207 e. The average molecular weight is 228 g/mol. The van der Waals surface area contributed by atoms with Crippen LogP contribution in [0, 0.1) is 12.7 Å². The molecule has 0 amide bonds. The van der Waals surface area contributed by atoms with Crippen LogP contribution >= 0.6 is 0 Å². The first-order valence-corrected chi connectivity index (χ1v) is 6.03. The monoisotopic (exact) mass is 228 g/mol. The van der Waals surface area contributed by atoms with Crippen LogP contribution in [0.2, 0.25) is 0 Å². The molecular weight excluding hydrogens is 211 g/mol. The molecule has 0 fully saturated rings. The first-order valence-electron chi connectivity index (χ1n) is 6.03. The smallest absolute Gasteiger partial charge is 0.123 e. The van der Waals surface area contributed by atoms with Crippen LogP contribution in [0.4, 0.5) is 4.39 Å². The SMILES string of the molecule is CCC(c1ccc(F)cc1)c1ccccc1C. The van der Waals surface area contributed by atoms with Crippen molar-refractivity contribution in [3.05, 3.63) is 71.0 Å². The predicted octanol–water partition coefficient (Wildman–Crippen LogP) is 4.68. The van der Waals surface area contributed by atoms with E-state index in [1.165, 1.54) is 28.8 Å². The van der Waals surface area contributed by atoms with Crippen LogP contribution in [0.3, 0.4) is 0 Å². The molecule has 0 N–H and O–H groups in total. The molecule has 0 radical (unpaired) electrons. The highest BCUT2D eigenvalue weighted by Crippen LogP contribution is 2.29. The van der Waals surface area contributed by atoms with Crippen LogP contribution in [-0.2, 0) is 0 Å². The molecule has 0 bridgehead atoms. The lowest BCUT2D eigenvalue weighted by Crippen LogP contribution is -2.01. The van der Waals surface area contributed by atoms with Crippen LogP contribution in [0.5, 0.6) is 0 Å². The van der Waals surface area contributed by atoms with Gasteiger partial charge in [-0.05, 0) is 42.2 Å². The van der Waals surface area contributed by atoms with Gasteiger partial charge in [-0.15, -0.1) is 0 Å². The molecule has 1 atom stereocenters. The molecule has 0 aliphatic rings. The second kappa shape index (κ2) is 5.13. The molecule has 0 nitrogen and oxygen atoms in total. The Morgan fingerprint density at radius 1 is 1.00 bits per heavy atom. The van der Waals surface area contributed by atoms with Gasteiger partial charge in [-0.3, -0.25) is 0 Å². The number of rotatable bonds is 3. The molecule has 2 aromatic rings. The van der Waals surface area contributed by atoms with Gasteiger partial charge in [0.1, 0.15) is 5.82 Å². The van der Waals surface area contributed by atoms with Gasteiger partial charge in [0.2, 0.25) is 0 Å². The summed E-state index contributed by atoms with van der Waals surface area (Å²) in [5.41, 5.74) is 3.81. The molecule has 0 aliphatic heterocycles. The van der Waals surface area contributed by atoms with E-state index in [4.69, 9.17) is 0 Å². The van der Waals surface area contributed by atoms with Gasteiger partial charge in [-0.1, -0.05) is 43.3 Å². The van der Waals surface area contributed by atoms with E-state index in [0.717, 1.165) is 6.42 Å². The molecule has 0 heterocycles. The Morgan fingerprint density at radius 3 is 2.24 bits per heavy atom. The second-order valence-electron chi connectivity index (χ2n) is 4.37. The first kappa shape index (κ1) is 11.8. The maximum atomic E-state index is 12.9. The number of hydrogen-bond acceptors (Lipinski definition) is 0. The number of aryl methyl sites for hydroxylation is 1. The summed E-state index contributed by atoms with van der Waals surface area (Å²) < 4.78 is 12.9. The Morgan fingerprint density at radius 2 is 1.65 bits per heavy atom. The minimum absolute atomic E-state index is 0.173. The molecule has 2 aromatic carbocycles. The molecule has 1 unspecified atom stereocenters. The van der Waals surface area contributed by atoms with E-state index in [2.05, 4.69) is 38.1 Å². The van der Waals surface area contributed by atoms with Crippen LogP contribution in [0.1, 0.15) is 36.0 Å². The lowest BCUT2D eigenvalue weighted by molar-refractivity contribution is 0.625. The molecule has 0 saturated heterocycles. The maximum absolute atomic E-state index is 12.9. The molecule has 0 spiro atoms. The Labute approximate surface area is 102 Å². The van der Waals surface area contributed by atoms with Gasteiger partial charge >= 0.3 is 0 Å². The van der Waals surface area contributed by atoms with E-state index >= 15 is 0 Å². The predicted molar refractivity (Wildman–Crippen MR) is 69.7 cm³/mol. The van der Waals surface area contributed by atoms with Gasteiger partial charge in [0.25, 0.3) is 0 Å². The fourth-order valence-electron chi connectivity index (χ4n) is 2.31. The van der Waals surface area contributed by atoms with Crippen molar-refractivity contribution in [2.45, 2.75) is 26.2 Å². The lowest BCUT2D eigenvalue weighted by atomic mass is 9.87. The van der Waals surface area contributed by atoms with Crippen molar-refractivity contribution >= 4 is 0 Å². The molecule has 1 heteroatoms. The zero-order valence-electron chi connectivity index (χ0n) is 10.3. The number of hydrogen-bond donors (Lipinski definition) is 0. The van der Waals surface area contributed by atoms with Crippen LogP contribution in [0.25, 0.3) is 0 Å². The quantitative estimate of drug-likeness (QED) is 0.715. The van der Waals surface area contributed by atoms with Gasteiger partial charge in [-0.2, -0.15) is 0 Å². The molecule has 2 rings (SSSR count). The summed E-state index contributed by atoms with van der Waals surface area (Å²) in [4.78, 5) is 0. The highest BCUT2D eigenvalue weighted by Gasteiger charge is 2.13. The van der Waals surface area contributed by atoms with Crippen molar-refractivity contribution in [2.75, 3.05) is 0 Å². The summed E-state index contributed by atoms with van der Waals surface area (Å²) in [6, 6.07) is 15.2. The van der Waals surface area contributed by atoms with Crippen LogP contribution < -0.4 is 0 Å². The van der Waals surface area contributed by atoms with Gasteiger partial charge in [0, 0.05) is 5.92 Å². The minimum Gasteiger partial charge on any atom is -0.207 e. The highest BCUT2D eigenvalue weighted by atomic mass is 19.1. The van der Waals surface area contributed by atoms with E-state index in [9.17, 15) is 4.39 Å². The molecular formula is C16H17F. The van der Waals surface area contributed by atoms with E-state index < -0.39 is 0 Å². The minimum atomic E-state index is -0.173. The summed E-state index contributed by atoms with van der Waals surface area (Å²) in [5, 5.41) is 0. The second-order valence-corrected chi connectivity index (χ2v) is 4.37. The van der Waals surface area contributed by atoms with E-state index in [1.807, 2.05) is 12.1 Å². The zero-order valence-corrected chi connectivity index (χ0v) is 10.3. The fraction of sp³-hybridized carbons (Fsp3) is 0.250. The maximum Gasteiger partial charge on any atom is 0.123 e. The number of benzene rings is 2. The van der Waals surface area contributed by atoms with Gasteiger partial charge in [0.15, 0.2) is 0 Å². The van der Waals surface area contributed by atoms with Crippen molar-refractivity contribution in [2.24, 2.45) is 0 Å². The standard InChI is InChI=1S/C16H17F/c1-3-15(13-8-10-14(17)11-9-13)16-7-5-4-6-12(16)2/h4-11,15H,3H2,1-2H3. The van der Waals surface area contributed by atoms with Crippen molar-refractivity contribution in [3.63, 3.8) is 0 Å². The van der Waals surface area contributed by atoms with Crippen molar-refractivity contribution in [3.8, 4) is 0 Å². The van der Waals surface area contributed by atoms with E-state index in [0.29, 0.717) is 5.92 Å². The summed E-state index contributed by atoms with van der Waals surface area (Å²) in [6.07, 6.45) is 1.02. The summed E-state index contributed by atoms with van der Waals surface area (Å²) in [7, 11) is 0. The fourth-order valence-corrected chi connectivity index (χ4v) is 2.31. The first-order chi connectivity index (χ1) is 8.22. The molecule has 88 valence electrons. The Balaban J connectivity index is 2.40. The van der Waals surface area contributed by atoms with Gasteiger partial charge < -0.3 is 0 Å². The van der Waals surface area contributed by atoms with Gasteiger partial charge in [-0.25, -0.2) is 4.39 Å². The van der Waals surface area contributed by atoms with Crippen molar-refractivity contribution in [1.29, 1.82) is 0 Å². The molecule has 17 heavy (non-hydrogen) atoms. The average Bonchev–Trinajstić information content (AvgIpc) is 2.35. The Bertz CT molecular complexity index is 485. The zero-order chi connectivity index (χ0) is 12.3. The normalized spacial score (nSPS) is 12.4.